The van der Waals surface area contributed by atoms with Crippen molar-refractivity contribution in [1.29, 1.82) is 0 Å². The summed E-state index contributed by atoms with van der Waals surface area (Å²) < 4.78 is 58.6. The van der Waals surface area contributed by atoms with Gasteiger partial charge < -0.3 is 67.4 Å². The second-order valence-electron chi connectivity index (χ2n) is 16.8. The third-order valence-electron chi connectivity index (χ3n) is 12.9. The Morgan fingerprint density at radius 1 is 0.776 bits per heavy atom. The molecule has 17 nitrogen and oxygen atoms in total. The lowest BCUT2D eigenvalue weighted by Crippen LogP contribution is -2.43. The second-order valence-corrected chi connectivity index (χ2v) is 16.8. The van der Waals surface area contributed by atoms with E-state index in [0.29, 0.717) is 34.6 Å². The quantitative estimate of drug-likeness (QED) is 0.102. The number of esters is 1. The van der Waals surface area contributed by atoms with E-state index in [0.717, 1.165) is 22.3 Å². The number of carbonyl (C=O) groups is 3. The van der Waals surface area contributed by atoms with Gasteiger partial charge in [-0.15, -0.1) is 0 Å². The van der Waals surface area contributed by atoms with E-state index in [9.17, 15) is 24.6 Å². The number of amides is 2. The Kier molecular flexibility index (Phi) is 14.7. The van der Waals surface area contributed by atoms with Crippen molar-refractivity contribution in [2.24, 2.45) is 11.8 Å². The first-order valence-electron chi connectivity index (χ1n) is 22.6. The Bertz CT molecular complexity index is 2360. The fourth-order valence-corrected chi connectivity index (χ4v) is 9.71. The maximum atomic E-state index is 13.8. The summed E-state index contributed by atoms with van der Waals surface area (Å²) in [4.78, 5) is 43.3. The molecule has 4 aromatic rings. The first-order valence-corrected chi connectivity index (χ1v) is 22.6. The molecular formula is C50H58N2O15. The van der Waals surface area contributed by atoms with E-state index in [1.54, 1.807) is 26.2 Å². The molecule has 9 rings (SSSR count). The number of carbonyl (C=O) groups excluding carboxylic acids is 3. The average Bonchev–Trinajstić information content (AvgIpc) is 4.06. The highest BCUT2D eigenvalue weighted by Crippen LogP contribution is 2.57. The maximum absolute atomic E-state index is 13.8. The van der Waals surface area contributed by atoms with Crippen LogP contribution in [0.3, 0.4) is 0 Å². The summed E-state index contributed by atoms with van der Waals surface area (Å²) in [7, 11) is 6.03. The molecule has 67 heavy (non-hydrogen) atoms. The molecule has 17 heteroatoms. The first-order chi connectivity index (χ1) is 32.6. The van der Waals surface area contributed by atoms with Crippen molar-refractivity contribution in [2.45, 2.75) is 63.1 Å². The maximum Gasteiger partial charge on any atom is 0.415 e. The molecule has 0 bridgehead atoms. The van der Waals surface area contributed by atoms with Gasteiger partial charge in [0.2, 0.25) is 12.5 Å². The van der Waals surface area contributed by atoms with Crippen LogP contribution in [0.4, 0.5) is 9.59 Å². The molecule has 2 saturated heterocycles. The fourth-order valence-electron chi connectivity index (χ4n) is 9.71. The van der Waals surface area contributed by atoms with Crippen molar-refractivity contribution in [1.82, 2.24) is 9.80 Å². The Labute approximate surface area is 389 Å². The first kappa shape index (κ1) is 47.4. The van der Waals surface area contributed by atoms with Crippen molar-refractivity contribution in [3.63, 3.8) is 0 Å². The van der Waals surface area contributed by atoms with Crippen LogP contribution in [0, 0.1) is 11.8 Å². The Morgan fingerprint density at radius 2 is 1.39 bits per heavy atom. The average molecular weight is 927 g/mol. The van der Waals surface area contributed by atoms with E-state index in [-0.39, 0.29) is 69.3 Å². The molecule has 7 atom stereocenters. The summed E-state index contributed by atoms with van der Waals surface area (Å²) in [6, 6.07) is 23.3. The number of methoxy groups -OCH3 is 2. The van der Waals surface area contributed by atoms with Crippen LogP contribution in [-0.2, 0) is 28.5 Å². The van der Waals surface area contributed by atoms with Gasteiger partial charge in [0.05, 0.1) is 51.7 Å². The number of ether oxygens (including phenoxy) is 10. The van der Waals surface area contributed by atoms with Crippen LogP contribution >= 0.6 is 0 Å². The molecule has 3 aliphatic heterocycles. The van der Waals surface area contributed by atoms with Gasteiger partial charge >= 0.3 is 18.2 Å². The number of aliphatic hydroxyl groups is 2. The molecule has 4 aromatic carbocycles. The van der Waals surface area contributed by atoms with E-state index in [1.165, 1.54) is 24.0 Å². The van der Waals surface area contributed by atoms with Gasteiger partial charge in [0.25, 0.3) is 0 Å². The molecule has 2 aliphatic carbocycles. The fraction of sp³-hybridized carbons (Fsp3) is 0.460. The number of nitrogens with zero attached hydrogens (tertiary/aromatic N) is 2. The van der Waals surface area contributed by atoms with Crippen LogP contribution in [-0.4, -0.2) is 131 Å². The number of cyclic esters (lactones) is 1. The normalized spacial score (nSPS) is 23.0. The SMILES string of the molecule is CC.COc1cc(C2c3cc4c(cc3C(OC3CC(O)CC(COCO)O3)C3COC(=O)C23)OCO4)cc(OC)c1OC(=O)N(C)CCN(C)C(=O)OCC1c2ccccc2-c2ccccc21. The van der Waals surface area contributed by atoms with Gasteiger partial charge in [-0.3, -0.25) is 4.79 Å². The van der Waals surface area contributed by atoms with E-state index in [1.807, 2.05) is 50.2 Å². The van der Waals surface area contributed by atoms with E-state index >= 15 is 0 Å². The predicted molar refractivity (Wildman–Crippen MR) is 240 cm³/mol. The van der Waals surface area contributed by atoms with Crippen molar-refractivity contribution >= 4 is 18.2 Å². The van der Waals surface area contributed by atoms with Gasteiger partial charge in [0.1, 0.15) is 13.4 Å². The lowest BCUT2D eigenvalue weighted by Gasteiger charge is -2.42. The predicted octanol–water partition coefficient (Wildman–Crippen LogP) is 6.60. The van der Waals surface area contributed by atoms with Gasteiger partial charge in [-0.05, 0) is 63.2 Å². The third-order valence-corrected chi connectivity index (χ3v) is 12.9. The highest BCUT2D eigenvalue weighted by molar-refractivity contribution is 5.80. The molecule has 5 aliphatic rings. The minimum absolute atomic E-state index is 0.00955. The minimum atomic E-state index is -0.858. The van der Waals surface area contributed by atoms with Crippen LogP contribution < -0.4 is 23.7 Å². The van der Waals surface area contributed by atoms with Crippen molar-refractivity contribution in [2.75, 3.05) is 74.8 Å². The molecule has 2 fully saturated rings. The van der Waals surface area contributed by atoms with Crippen LogP contribution in [0.2, 0.25) is 0 Å². The van der Waals surface area contributed by atoms with Gasteiger partial charge in [-0.2, -0.15) is 0 Å². The molecule has 0 aromatic heterocycles. The Morgan fingerprint density at radius 3 is 2.01 bits per heavy atom. The molecule has 0 spiro atoms. The molecule has 2 amide bonds. The summed E-state index contributed by atoms with van der Waals surface area (Å²) in [5.74, 6) is -1.06. The van der Waals surface area contributed by atoms with Crippen LogP contribution in [0.5, 0.6) is 28.7 Å². The second kappa shape index (κ2) is 20.8. The molecule has 0 saturated carbocycles. The largest absolute Gasteiger partial charge is 0.493 e. The summed E-state index contributed by atoms with van der Waals surface area (Å²) in [5, 5.41) is 19.9. The highest BCUT2D eigenvalue weighted by Gasteiger charge is 2.54. The van der Waals surface area contributed by atoms with Crippen molar-refractivity contribution < 1.29 is 72.0 Å². The molecule has 358 valence electrons. The Hall–Kier alpha value is -6.11. The smallest absolute Gasteiger partial charge is 0.415 e. The van der Waals surface area contributed by atoms with E-state index in [2.05, 4.69) is 24.3 Å². The molecule has 2 N–H and O–H groups in total. The van der Waals surface area contributed by atoms with Gasteiger partial charge in [-0.25, -0.2) is 9.59 Å². The number of fused-ring (bicyclic) bond motifs is 6. The number of rotatable bonds is 14. The molecule has 7 unspecified atom stereocenters. The minimum Gasteiger partial charge on any atom is -0.493 e. The van der Waals surface area contributed by atoms with Gasteiger partial charge in [0.15, 0.2) is 29.3 Å². The molecule has 3 heterocycles. The summed E-state index contributed by atoms with van der Waals surface area (Å²) in [6.45, 7) is 4.08. The van der Waals surface area contributed by atoms with Gasteiger partial charge in [0, 0.05) is 57.8 Å². The molecule has 0 radical (unpaired) electrons. The number of aliphatic hydroxyl groups excluding tert-OH is 2. The zero-order chi connectivity index (χ0) is 47.4. The van der Waals surface area contributed by atoms with E-state index < -0.39 is 67.3 Å². The van der Waals surface area contributed by atoms with Crippen LogP contribution in [0.1, 0.15) is 72.4 Å². The third kappa shape index (κ3) is 9.56. The van der Waals surface area contributed by atoms with E-state index in [4.69, 9.17) is 47.4 Å². The zero-order valence-electron chi connectivity index (χ0n) is 38.5. The number of benzene rings is 4. The monoisotopic (exact) mass is 926 g/mol. The van der Waals surface area contributed by atoms with Crippen molar-refractivity contribution in [3.8, 4) is 39.9 Å². The van der Waals surface area contributed by atoms with Crippen LogP contribution in [0.25, 0.3) is 11.1 Å². The highest BCUT2D eigenvalue weighted by atomic mass is 16.7. The molecular weight excluding hydrogens is 869 g/mol. The topological polar surface area (TPSA) is 190 Å². The lowest BCUT2D eigenvalue weighted by atomic mass is 9.66. The summed E-state index contributed by atoms with van der Waals surface area (Å²) >= 11 is 0. The van der Waals surface area contributed by atoms with Gasteiger partial charge in [-0.1, -0.05) is 62.4 Å². The zero-order valence-corrected chi connectivity index (χ0v) is 38.5. The standard InChI is InChI=1S/C48H52N2O15.C2H6/c1-49(47(54)60-22-35-31-11-7-5-9-29(31)30-10-6-8-12-32(30)35)13-14-50(2)48(55)65-45-39(56-3)15-26(16-40(45)57-4)42-33-19-37-38(62-25-61-37)20-34(33)44(36-23-59-46(53)43(36)42)64-41-18-27(52)17-28(63-41)21-58-24-51;1-2/h5-12,15-16,19-20,27-28,35-36,41-44,51-52H,13-14,17-18,21-25H2,1-4H3;1-2H3. The Balaban J connectivity index is 0.00000300. The van der Waals surface area contributed by atoms with Crippen molar-refractivity contribution in [3.05, 3.63) is 101 Å². The number of likely N-dealkylation sites (N-methyl/N-ethyl adjacent to an activating group) is 2. The summed E-state index contributed by atoms with van der Waals surface area (Å²) in [5.41, 5.74) is 6.51. The number of hydrogen-bond acceptors (Lipinski definition) is 15. The lowest BCUT2D eigenvalue weighted by molar-refractivity contribution is -0.254. The summed E-state index contributed by atoms with van der Waals surface area (Å²) in [6.07, 6.45) is -3.61. The number of hydrogen-bond donors (Lipinski definition) is 2. The van der Waals surface area contributed by atoms with Crippen LogP contribution in [0.15, 0.2) is 72.8 Å².